The SMILES string of the molecule is O=CC1(Cc2ccco2)CCCO1. The summed E-state index contributed by atoms with van der Waals surface area (Å²) in [7, 11) is 0. The minimum atomic E-state index is -0.613. The van der Waals surface area contributed by atoms with Crippen molar-refractivity contribution >= 4 is 6.29 Å². The van der Waals surface area contributed by atoms with E-state index < -0.39 is 5.60 Å². The quantitative estimate of drug-likeness (QED) is 0.663. The second-order valence-corrected chi connectivity index (χ2v) is 3.39. The highest BCUT2D eigenvalue weighted by atomic mass is 16.5. The van der Waals surface area contributed by atoms with Gasteiger partial charge in [0.2, 0.25) is 0 Å². The summed E-state index contributed by atoms with van der Waals surface area (Å²) in [5.74, 6) is 0.814. The van der Waals surface area contributed by atoms with Crippen molar-refractivity contribution in [1.82, 2.24) is 0 Å². The van der Waals surface area contributed by atoms with Gasteiger partial charge in [0.15, 0.2) is 6.29 Å². The average Bonchev–Trinajstić information content (AvgIpc) is 2.77. The summed E-state index contributed by atoms with van der Waals surface area (Å²) in [6.45, 7) is 0.680. The van der Waals surface area contributed by atoms with Crippen molar-refractivity contribution in [3.05, 3.63) is 24.2 Å². The highest BCUT2D eigenvalue weighted by Gasteiger charge is 2.35. The second-order valence-electron chi connectivity index (χ2n) is 3.39. The Bertz CT molecular complexity index is 270. The van der Waals surface area contributed by atoms with Crippen LogP contribution in [0.25, 0.3) is 0 Å². The summed E-state index contributed by atoms with van der Waals surface area (Å²) >= 11 is 0. The molecule has 1 aromatic rings. The second kappa shape index (κ2) is 3.34. The third kappa shape index (κ3) is 1.65. The fourth-order valence-corrected chi connectivity index (χ4v) is 1.70. The lowest BCUT2D eigenvalue weighted by Crippen LogP contribution is -2.32. The van der Waals surface area contributed by atoms with Crippen molar-refractivity contribution in [2.75, 3.05) is 6.61 Å². The molecule has 0 radical (unpaired) electrons. The smallest absolute Gasteiger partial charge is 0.152 e. The zero-order valence-corrected chi connectivity index (χ0v) is 7.36. The van der Waals surface area contributed by atoms with E-state index in [2.05, 4.69) is 0 Å². The standard InChI is InChI=1S/C10H12O3/c11-8-10(4-2-6-13-10)7-9-3-1-5-12-9/h1,3,5,8H,2,4,6-7H2. The lowest BCUT2D eigenvalue weighted by atomic mass is 9.96. The molecule has 1 unspecified atom stereocenters. The first-order valence-electron chi connectivity index (χ1n) is 4.47. The Morgan fingerprint density at radius 2 is 2.54 bits per heavy atom. The highest BCUT2D eigenvalue weighted by molar-refractivity contribution is 5.63. The molecule has 0 aliphatic carbocycles. The number of carbonyl (C=O) groups is 1. The number of carbonyl (C=O) groups excluding carboxylic acids is 1. The molecular formula is C10H12O3. The Morgan fingerprint density at radius 1 is 1.62 bits per heavy atom. The van der Waals surface area contributed by atoms with E-state index in [0.29, 0.717) is 13.0 Å². The number of rotatable bonds is 3. The van der Waals surface area contributed by atoms with E-state index in [1.54, 1.807) is 6.26 Å². The summed E-state index contributed by atoms with van der Waals surface area (Å²) in [5, 5.41) is 0. The van der Waals surface area contributed by atoms with Crippen LogP contribution in [0.5, 0.6) is 0 Å². The Labute approximate surface area is 76.7 Å². The first-order chi connectivity index (χ1) is 6.35. The minimum absolute atomic E-state index is 0.559. The molecule has 3 heteroatoms. The molecule has 0 bridgehead atoms. The maximum Gasteiger partial charge on any atom is 0.152 e. The van der Waals surface area contributed by atoms with Gasteiger partial charge in [-0.1, -0.05) is 0 Å². The lowest BCUT2D eigenvalue weighted by molar-refractivity contribution is -0.125. The van der Waals surface area contributed by atoms with Gasteiger partial charge in [0.25, 0.3) is 0 Å². The van der Waals surface area contributed by atoms with Crippen LogP contribution < -0.4 is 0 Å². The van der Waals surface area contributed by atoms with Gasteiger partial charge in [0, 0.05) is 13.0 Å². The van der Waals surface area contributed by atoms with Crippen molar-refractivity contribution in [3.63, 3.8) is 0 Å². The van der Waals surface area contributed by atoms with Gasteiger partial charge in [-0.3, -0.25) is 0 Å². The van der Waals surface area contributed by atoms with Crippen molar-refractivity contribution in [2.45, 2.75) is 24.9 Å². The summed E-state index contributed by atoms with van der Waals surface area (Å²) in [6, 6.07) is 3.69. The largest absolute Gasteiger partial charge is 0.469 e. The maximum absolute atomic E-state index is 10.9. The van der Waals surface area contributed by atoms with E-state index in [0.717, 1.165) is 24.9 Å². The molecule has 2 heterocycles. The van der Waals surface area contributed by atoms with Crippen LogP contribution in [0.1, 0.15) is 18.6 Å². The van der Waals surface area contributed by atoms with Crippen LogP contribution >= 0.6 is 0 Å². The maximum atomic E-state index is 10.9. The third-order valence-electron chi connectivity index (χ3n) is 2.40. The first kappa shape index (κ1) is 8.51. The zero-order valence-electron chi connectivity index (χ0n) is 7.36. The number of furan rings is 1. The van der Waals surface area contributed by atoms with E-state index in [-0.39, 0.29) is 0 Å². The number of aldehydes is 1. The monoisotopic (exact) mass is 180 g/mol. The van der Waals surface area contributed by atoms with Gasteiger partial charge in [-0.05, 0) is 25.0 Å². The zero-order chi connectivity index (χ0) is 9.15. The van der Waals surface area contributed by atoms with E-state index in [1.165, 1.54) is 0 Å². The Morgan fingerprint density at radius 3 is 3.08 bits per heavy atom. The molecule has 1 aliphatic rings. The predicted octanol–water partition coefficient (Wildman–Crippen LogP) is 1.57. The molecule has 1 aromatic heterocycles. The summed E-state index contributed by atoms with van der Waals surface area (Å²) in [6.07, 6.45) is 4.84. The topological polar surface area (TPSA) is 39.4 Å². The summed E-state index contributed by atoms with van der Waals surface area (Å²) < 4.78 is 10.6. The van der Waals surface area contributed by atoms with Gasteiger partial charge in [-0.25, -0.2) is 0 Å². The number of hydrogen-bond acceptors (Lipinski definition) is 3. The molecule has 3 nitrogen and oxygen atoms in total. The van der Waals surface area contributed by atoms with Crippen LogP contribution in [0.3, 0.4) is 0 Å². The molecule has 0 aromatic carbocycles. The minimum Gasteiger partial charge on any atom is -0.469 e. The van der Waals surface area contributed by atoms with Crippen LogP contribution in [0.4, 0.5) is 0 Å². The number of hydrogen-bond donors (Lipinski definition) is 0. The predicted molar refractivity (Wildman–Crippen MR) is 46.4 cm³/mol. The molecule has 13 heavy (non-hydrogen) atoms. The van der Waals surface area contributed by atoms with Gasteiger partial charge < -0.3 is 13.9 Å². The van der Waals surface area contributed by atoms with Crippen LogP contribution in [-0.4, -0.2) is 18.5 Å². The summed E-state index contributed by atoms with van der Waals surface area (Å²) in [5.41, 5.74) is -0.613. The van der Waals surface area contributed by atoms with Crippen molar-refractivity contribution < 1.29 is 13.9 Å². The molecule has 1 fully saturated rings. The third-order valence-corrected chi connectivity index (χ3v) is 2.40. The molecule has 0 saturated carbocycles. The number of ether oxygens (including phenoxy) is 1. The first-order valence-corrected chi connectivity index (χ1v) is 4.47. The van der Waals surface area contributed by atoms with Crippen LogP contribution in [0, 0.1) is 0 Å². The lowest BCUT2D eigenvalue weighted by Gasteiger charge is -2.19. The molecule has 1 atom stereocenters. The van der Waals surface area contributed by atoms with Crippen molar-refractivity contribution in [1.29, 1.82) is 0 Å². The van der Waals surface area contributed by atoms with Gasteiger partial charge >= 0.3 is 0 Å². The van der Waals surface area contributed by atoms with E-state index in [1.807, 2.05) is 12.1 Å². The molecule has 1 aliphatic heterocycles. The fraction of sp³-hybridized carbons (Fsp3) is 0.500. The summed E-state index contributed by atoms with van der Waals surface area (Å²) in [4.78, 5) is 10.9. The van der Waals surface area contributed by atoms with E-state index in [9.17, 15) is 4.79 Å². The van der Waals surface area contributed by atoms with E-state index >= 15 is 0 Å². The van der Waals surface area contributed by atoms with Crippen LogP contribution in [-0.2, 0) is 16.0 Å². The normalized spacial score (nSPS) is 27.7. The molecule has 0 spiro atoms. The van der Waals surface area contributed by atoms with Gasteiger partial charge in [0.05, 0.1) is 6.26 Å². The Kier molecular flexibility index (Phi) is 2.19. The van der Waals surface area contributed by atoms with Gasteiger partial charge in [-0.15, -0.1) is 0 Å². The average molecular weight is 180 g/mol. The fourth-order valence-electron chi connectivity index (χ4n) is 1.70. The molecule has 1 saturated heterocycles. The molecule has 2 rings (SSSR count). The molecule has 0 amide bonds. The molecular weight excluding hydrogens is 168 g/mol. The van der Waals surface area contributed by atoms with Gasteiger partial charge in [0.1, 0.15) is 11.4 Å². The van der Waals surface area contributed by atoms with Crippen molar-refractivity contribution in [3.8, 4) is 0 Å². The highest BCUT2D eigenvalue weighted by Crippen LogP contribution is 2.27. The van der Waals surface area contributed by atoms with Crippen LogP contribution in [0.15, 0.2) is 22.8 Å². The molecule has 0 N–H and O–H groups in total. The molecule has 70 valence electrons. The van der Waals surface area contributed by atoms with Gasteiger partial charge in [-0.2, -0.15) is 0 Å². The Hall–Kier alpha value is -1.09. The van der Waals surface area contributed by atoms with Crippen LogP contribution in [0.2, 0.25) is 0 Å². The Balaban J connectivity index is 2.10. The van der Waals surface area contributed by atoms with E-state index in [4.69, 9.17) is 9.15 Å². The van der Waals surface area contributed by atoms with Crippen molar-refractivity contribution in [2.24, 2.45) is 0 Å².